The molecule has 0 bridgehead atoms. The maximum atomic E-state index is 6.11. The number of aromatic nitrogens is 2. The van der Waals surface area contributed by atoms with E-state index in [1.807, 2.05) is 26.0 Å². The molecule has 0 amide bonds. The van der Waals surface area contributed by atoms with Crippen molar-refractivity contribution in [1.29, 1.82) is 0 Å². The second kappa shape index (κ2) is 5.00. The third-order valence-corrected chi connectivity index (χ3v) is 3.19. The van der Waals surface area contributed by atoms with E-state index in [2.05, 4.69) is 10.2 Å². The summed E-state index contributed by atoms with van der Waals surface area (Å²) in [5, 5.41) is 7.91. The third kappa shape index (κ3) is 2.09. The van der Waals surface area contributed by atoms with E-state index in [0.717, 1.165) is 33.8 Å². The molecule has 0 fully saturated rings. The van der Waals surface area contributed by atoms with Gasteiger partial charge in [0.15, 0.2) is 0 Å². The first-order chi connectivity index (χ1) is 8.58. The highest BCUT2D eigenvalue weighted by Gasteiger charge is 2.17. The zero-order chi connectivity index (χ0) is 13.3. The fourth-order valence-corrected chi connectivity index (χ4v) is 2.37. The number of benzene rings is 1. The van der Waals surface area contributed by atoms with Gasteiger partial charge in [-0.3, -0.25) is 5.10 Å². The van der Waals surface area contributed by atoms with Gasteiger partial charge in [0.05, 0.1) is 7.11 Å². The number of hydrogen-bond acceptors (Lipinski definition) is 3. The number of rotatable bonds is 3. The van der Waals surface area contributed by atoms with Gasteiger partial charge in [0.25, 0.3) is 0 Å². The first kappa shape index (κ1) is 12.9. The molecule has 3 N–H and O–H groups in total. The molecule has 0 radical (unpaired) electrons. The Labute approximate surface area is 111 Å². The van der Waals surface area contributed by atoms with Crippen LogP contribution in [0.1, 0.15) is 16.8 Å². The van der Waals surface area contributed by atoms with E-state index < -0.39 is 0 Å². The molecule has 0 aliphatic carbocycles. The predicted molar refractivity (Wildman–Crippen MR) is 73.0 cm³/mol. The molecule has 0 spiro atoms. The molecule has 0 aliphatic rings. The minimum Gasteiger partial charge on any atom is -0.496 e. The van der Waals surface area contributed by atoms with Crippen LogP contribution >= 0.6 is 11.6 Å². The fourth-order valence-electron chi connectivity index (χ4n) is 2.10. The molecule has 0 unspecified atom stereocenters. The van der Waals surface area contributed by atoms with Crippen molar-refractivity contribution in [3.8, 4) is 17.0 Å². The van der Waals surface area contributed by atoms with Crippen molar-refractivity contribution in [2.45, 2.75) is 20.4 Å². The van der Waals surface area contributed by atoms with Gasteiger partial charge in [0.2, 0.25) is 0 Å². The summed E-state index contributed by atoms with van der Waals surface area (Å²) in [5.41, 5.74) is 10.4. The second-order valence-corrected chi connectivity index (χ2v) is 4.62. The maximum absolute atomic E-state index is 6.11. The van der Waals surface area contributed by atoms with Gasteiger partial charge in [-0.2, -0.15) is 5.10 Å². The molecule has 18 heavy (non-hydrogen) atoms. The third-order valence-electron chi connectivity index (χ3n) is 2.98. The lowest BCUT2D eigenvalue weighted by molar-refractivity contribution is 0.413. The van der Waals surface area contributed by atoms with Crippen LogP contribution in [0, 0.1) is 13.8 Å². The molecule has 1 aromatic carbocycles. The number of nitrogens with two attached hydrogens (primary N) is 1. The zero-order valence-corrected chi connectivity index (χ0v) is 11.4. The number of aromatic amines is 1. The number of H-pyrrole nitrogens is 1. The topological polar surface area (TPSA) is 63.9 Å². The van der Waals surface area contributed by atoms with Gasteiger partial charge in [-0.25, -0.2) is 0 Å². The van der Waals surface area contributed by atoms with Crippen molar-refractivity contribution in [3.63, 3.8) is 0 Å². The highest BCUT2D eigenvalue weighted by atomic mass is 35.5. The number of nitrogens with one attached hydrogen (secondary N) is 1. The summed E-state index contributed by atoms with van der Waals surface area (Å²) in [6.07, 6.45) is 0. The average molecular weight is 266 g/mol. The monoisotopic (exact) mass is 265 g/mol. The Kier molecular flexibility index (Phi) is 3.59. The summed E-state index contributed by atoms with van der Waals surface area (Å²) in [5.74, 6) is 0.778. The van der Waals surface area contributed by atoms with Crippen molar-refractivity contribution in [2.24, 2.45) is 5.73 Å². The van der Waals surface area contributed by atoms with E-state index in [1.165, 1.54) is 0 Å². The number of ether oxygens (including phenoxy) is 1. The van der Waals surface area contributed by atoms with Gasteiger partial charge in [-0.05, 0) is 31.5 Å². The van der Waals surface area contributed by atoms with Crippen LogP contribution < -0.4 is 10.5 Å². The van der Waals surface area contributed by atoms with Crippen LogP contribution in [0.25, 0.3) is 11.3 Å². The average Bonchev–Trinajstić information content (AvgIpc) is 2.69. The Morgan fingerprint density at radius 1 is 1.39 bits per heavy atom. The summed E-state index contributed by atoms with van der Waals surface area (Å²) < 4.78 is 5.44. The quantitative estimate of drug-likeness (QED) is 0.897. The smallest absolute Gasteiger partial charge is 0.131 e. The summed E-state index contributed by atoms with van der Waals surface area (Å²) in [4.78, 5) is 0. The Balaban J connectivity index is 2.69. The largest absolute Gasteiger partial charge is 0.496 e. The summed E-state index contributed by atoms with van der Waals surface area (Å²) in [7, 11) is 1.64. The molecule has 1 heterocycles. The lowest BCUT2D eigenvalue weighted by atomic mass is 10.0. The number of hydrogen-bond donors (Lipinski definition) is 2. The molecule has 5 heteroatoms. The van der Waals surface area contributed by atoms with Crippen LogP contribution in [0.2, 0.25) is 5.02 Å². The van der Waals surface area contributed by atoms with Gasteiger partial charge in [0, 0.05) is 28.4 Å². The van der Waals surface area contributed by atoms with Crippen LogP contribution in [0.15, 0.2) is 12.1 Å². The van der Waals surface area contributed by atoms with Crippen molar-refractivity contribution in [2.75, 3.05) is 7.11 Å². The minimum absolute atomic E-state index is 0.423. The lowest BCUT2D eigenvalue weighted by Crippen LogP contribution is -2.00. The maximum Gasteiger partial charge on any atom is 0.131 e. The second-order valence-electron chi connectivity index (χ2n) is 4.18. The van der Waals surface area contributed by atoms with E-state index >= 15 is 0 Å². The van der Waals surface area contributed by atoms with Gasteiger partial charge in [-0.1, -0.05) is 11.6 Å². The number of aryl methyl sites for hydroxylation is 2. The van der Waals surface area contributed by atoms with Crippen molar-refractivity contribution in [3.05, 3.63) is 34.0 Å². The molecule has 4 nitrogen and oxygen atoms in total. The SMILES string of the molecule is COc1c(C)cc(Cl)cc1-c1n[nH]c(C)c1CN. The molecule has 96 valence electrons. The molecular formula is C13H16ClN3O. The van der Waals surface area contributed by atoms with Gasteiger partial charge >= 0.3 is 0 Å². The molecule has 2 aromatic rings. The Morgan fingerprint density at radius 3 is 2.72 bits per heavy atom. The Hall–Kier alpha value is -1.52. The number of halogens is 1. The summed E-state index contributed by atoms with van der Waals surface area (Å²) >= 11 is 6.11. The molecule has 1 aromatic heterocycles. The lowest BCUT2D eigenvalue weighted by Gasteiger charge is -2.11. The molecule has 0 atom stereocenters. The normalized spacial score (nSPS) is 10.7. The van der Waals surface area contributed by atoms with Crippen molar-refractivity contribution >= 4 is 11.6 Å². The first-order valence-corrected chi connectivity index (χ1v) is 6.04. The first-order valence-electron chi connectivity index (χ1n) is 5.67. The number of methoxy groups -OCH3 is 1. The Morgan fingerprint density at radius 2 is 2.11 bits per heavy atom. The minimum atomic E-state index is 0.423. The highest BCUT2D eigenvalue weighted by Crippen LogP contribution is 2.36. The highest BCUT2D eigenvalue weighted by molar-refractivity contribution is 6.31. The van der Waals surface area contributed by atoms with E-state index in [9.17, 15) is 0 Å². The zero-order valence-electron chi connectivity index (χ0n) is 10.7. The van der Waals surface area contributed by atoms with E-state index in [0.29, 0.717) is 11.6 Å². The van der Waals surface area contributed by atoms with E-state index in [-0.39, 0.29) is 0 Å². The molecular weight excluding hydrogens is 250 g/mol. The fraction of sp³-hybridized carbons (Fsp3) is 0.308. The summed E-state index contributed by atoms with van der Waals surface area (Å²) in [6, 6.07) is 3.72. The van der Waals surface area contributed by atoms with Crippen molar-refractivity contribution < 1.29 is 4.74 Å². The number of nitrogens with zero attached hydrogens (tertiary/aromatic N) is 1. The van der Waals surface area contributed by atoms with Crippen LogP contribution in [0.3, 0.4) is 0 Å². The Bertz CT molecular complexity index is 578. The van der Waals surface area contributed by atoms with Gasteiger partial charge in [-0.15, -0.1) is 0 Å². The molecule has 0 aliphatic heterocycles. The van der Waals surface area contributed by atoms with E-state index in [4.69, 9.17) is 22.1 Å². The van der Waals surface area contributed by atoms with Gasteiger partial charge < -0.3 is 10.5 Å². The van der Waals surface area contributed by atoms with Crippen LogP contribution in [0.4, 0.5) is 0 Å². The summed E-state index contributed by atoms with van der Waals surface area (Å²) in [6.45, 7) is 4.32. The van der Waals surface area contributed by atoms with Crippen LogP contribution in [0.5, 0.6) is 5.75 Å². The molecule has 0 saturated heterocycles. The molecule has 2 rings (SSSR count). The van der Waals surface area contributed by atoms with Gasteiger partial charge in [0.1, 0.15) is 11.4 Å². The van der Waals surface area contributed by atoms with E-state index in [1.54, 1.807) is 7.11 Å². The van der Waals surface area contributed by atoms with Crippen molar-refractivity contribution in [1.82, 2.24) is 10.2 Å². The molecule has 0 saturated carbocycles. The standard InChI is InChI=1S/C13H16ClN3O/c1-7-4-9(14)5-10(13(7)18-3)12-11(6-15)8(2)16-17-12/h4-5H,6,15H2,1-3H3,(H,16,17). The predicted octanol–water partition coefficient (Wildman–Crippen LogP) is 2.81. The van der Waals surface area contributed by atoms with Crippen LogP contribution in [-0.2, 0) is 6.54 Å². The van der Waals surface area contributed by atoms with Crippen LogP contribution in [-0.4, -0.2) is 17.3 Å².